The number of alkyl halides is 5. The highest BCUT2D eigenvalue weighted by Crippen LogP contribution is 2.37. The van der Waals surface area contributed by atoms with Crippen molar-refractivity contribution in [1.82, 2.24) is 0 Å². The normalized spacial score (nSPS) is 12.8. The SMILES string of the molecule is N#CCC(F)(F)C(F)(F)F. The van der Waals surface area contributed by atoms with E-state index in [-0.39, 0.29) is 0 Å². The van der Waals surface area contributed by atoms with Gasteiger partial charge in [-0.05, 0) is 0 Å². The second-order valence-electron chi connectivity index (χ2n) is 1.54. The van der Waals surface area contributed by atoms with E-state index in [1.807, 2.05) is 0 Å². The van der Waals surface area contributed by atoms with Crippen molar-refractivity contribution in [3.63, 3.8) is 0 Å². The molecule has 0 aromatic carbocycles. The summed E-state index contributed by atoms with van der Waals surface area (Å²) in [7, 11) is 0. The molecule has 0 rings (SSSR count). The highest BCUT2D eigenvalue weighted by molar-refractivity contribution is 4.86. The minimum absolute atomic E-state index is 0.745. The van der Waals surface area contributed by atoms with Crippen LogP contribution in [-0.4, -0.2) is 12.1 Å². The second-order valence-corrected chi connectivity index (χ2v) is 1.54. The van der Waals surface area contributed by atoms with E-state index < -0.39 is 18.5 Å². The van der Waals surface area contributed by atoms with Gasteiger partial charge >= 0.3 is 12.1 Å². The van der Waals surface area contributed by atoms with Gasteiger partial charge in [-0.2, -0.15) is 27.2 Å². The molecule has 0 N–H and O–H groups in total. The summed E-state index contributed by atoms with van der Waals surface area (Å²) in [5, 5.41) is 7.54. The summed E-state index contributed by atoms with van der Waals surface area (Å²) in [4.78, 5) is 0. The van der Waals surface area contributed by atoms with E-state index in [4.69, 9.17) is 5.26 Å². The van der Waals surface area contributed by atoms with Crippen molar-refractivity contribution in [3.05, 3.63) is 0 Å². The van der Waals surface area contributed by atoms with E-state index in [0.717, 1.165) is 6.07 Å². The van der Waals surface area contributed by atoms with Crippen LogP contribution in [0.5, 0.6) is 0 Å². The Labute approximate surface area is 53.1 Å². The molecule has 0 unspecified atom stereocenters. The third kappa shape index (κ3) is 1.83. The molecule has 0 aliphatic carbocycles. The highest BCUT2D eigenvalue weighted by Gasteiger charge is 2.57. The molecule has 58 valence electrons. The van der Waals surface area contributed by atoms with Crippen LogP contribution in [0.2, 0.25) is 0 Å². The van der Waals surface area contributed by atoms with Crippen LogP contribution in [-0.2, 0) is 0 Å². The molecule has 0 saturated carbocycles. The van der Waals surface area contributed by atoms with E-state index in [0.29, 0.717) is 0 Å². The van der Waals surface area contributed by atoms with Crippen LogP contribution in [0, 0.1) is 11.3 Å². The lowest BCUT2D eigenvalue weighted by Crippen LogP contribution is -2.35. The minimum Gasteiger partial charge on any atom is -0.198 e. The fourth-order valence-corrected chi connectivity index (χ4v) is 0.200. The fourth-order valence-electron chi connectivity index (χ4n) is 0.200. The van der Waals surface area contributed by atoms with Crippen molar-refractivity contribution < 1.29 is 22.0 Å². The van der Waals surface area contributed by atoms with E-state index in [2.05, 4.69) is 0 Å². The lowest BCUT2D eigenvalue weighted by atomic mass is 10.2. The first kappa shape index (κ1) is 9.14. The predicted octanol–water partition coefficient (Wildman–Crippen LogP) is 2.10. The first-order chi connectivity index (χ1) is 4.31. The van der Waals surface area contributed by atoms with Crippen molar-refractivity contribution in [2.75, 3.05) is 0 Å². The van der Waals surface area contributed by atoms with Gasteiger partial charge in [-0.25, -0.2) is 0 Å². The molecular weight excluding hydrogens is 157 g/mol. The zero-order chi connectivity index (χ0) is 8.41. The average molecular weight is 159 g/mol. The maximum absolute atomic E-state index is 11.6. The topological polar surface area (TPSA) is 23.8 Å². The second kappa shape index (κ2) is 2.40. The van der Waals surface area contributed by atoms with Crippen LogP contribution in [0.4, 0.5) is 22.0 Å². The van der Waals surface area contributed by atoms with Gasteiger partial charge in [0, 0.05) is 0 Å². The lowest BCUT2D eigenvalue weighted by Gasteiger charge is -2.15. The van der Waals surface area contributed by atoms with Crippen LogP contribution in [0.3, 0.4) is 0 Å². The summed E-state index contributed by atoms with van der Waals surface area (Å²) in [6.07, 6.45) is -7.43. The first-order valence-corrected chi connectivity index (χ1v) is 2.13. The zero-order valence-electron chi connectivity index (χ0n) is 4.54. The van der Waals surface area contributed by atoms with E-state index in [1.54, 1.807) is 0 Å². The lowest BCUT2D eigenvalue weighted by molar-refractivity contribution is -0.279. The zero-order valence-corrected chi connectivity index (χ0v) is 4.54. The van der Waals surface area contributed by atoms with Crippen molar-refractivity contribution in [3.8, 4) is 6.07 Å². The molecule has 10 heavy (non-hydrogen) atoms. The minimum atomic E-state index is -5.61. The molecule has 1 nitrogen and oxygen atoms in total. The van der Waals surface area contributed by atoms with Gasteiger partial charge in [-0.1, -0.05) is 0 Å². The Morgan fingerprint density at radius 1 is 1.10 bits per heavy atom. The highest BCUT2D eigenvalue weighted by atomic mass is 19.4. The van der Waals surface area contributed by atoms with Gasteiger partial charge in [0.1, 0.15) is 6.42 Å². The molecule has 0 aromatic heterocycles. The number of nitrogens with zero attached hydrogens (tertiary/aromatic N) is 1. The van der Waals surface area contributed by atoms with Crippen molar-refractivity contribution >= 4 is 0 Å². The Hall–Kier alpha value is -0.860. The molecule has 0 atom stereocenters. The van der Waals surface area contributed by atoms with Gasteiger partial charge in [-0.3, -0.25) is 0 Å². The number of halogens is 5. The van der Waals surface area contributed by atoms with Crippen LogP contribution in [0.15, 0.2) is 0 Å². The molecule has 0 aliphatic rings. The molecular formula is C4H2F5N. The van der Waals surface area contributed by atoms with Gasteiger partial charge in [0.25, 0.3) is 0 Å². The van der Waals surface area contributed by atoms with Crippen LogP contribution in [0.1, 0.15) is 6.42 Å². The summed E-state index contributed by atoms with van der Waals surface area (Å²) >= 11 is 0. The molecule has 6 heteroatoms. The maximum atomic E-state index is 11.6. The molecule has 0 heterocycles. The standard InChI is InChI=1S/C4H2F5N/c5-3(6,1-2-10)4(7,8)9/h1H2. The number of nitriles is 1. The number of rotatable bonds is 1. The Balaban J connectivity index is 4.28. The Morgan fingerprint density at radius 2 is 1.50 bits per heavy atom. The number of hydrogen-bond acceptors (Lipinski definition) is 1. The van der Waals surface area contributed by atoms with Crippen LogP contribution in [0.25, 0.3) is 0 Å². The summed E-state index contributed by atoms with van der Waals surface area (Å²) in [6.45, 7) is 0. The van der Waals surface area contributed by atoms with Crippen LogP contribution >= 0.6 is 0 Å². The number of hydrogen-bond donors (Lipinski definition) is 0. The Bertz CT molecular complexity index is 152. The van der Waals surface area contributed by atoms with Crippen LogP contribution < -0.4 is 0 Å². The fraction of sp³-hybridized carbons (Fsp3) is 0.750. The molecule has 0 aliphatic heterocycles. The van der Waals surface area contributed by atoms with Gasteiger partial charge in [0.2, 0.25) is 0 Å². The average Bonchev–Trinajstić information content (AvgIpc) is 1.61. The van der Waals surface area contributed by atoms with E-state index in [9.17, 15) is 22.0 Å². The molecule has 0 saturated heterocycles. The molecule has 0 aromatic rings. The van der Waals surface area contributed by atoms with Gasteiger partial charge in [0.05, 0.1) is 6.07 Å². The van der Waals surface area contributed by atoms with E-state index >= 15 is 0 Å². The summed E-state index contributed by atoms with van der Waals surface area (Å²) in [5.41, 5.74) is 0. The molecule has 0 fully saturated rings. The molecule has 0 spiro atoms. The van der Waals surface area contributed by atoms with E-state index in [1.165, 1.54) is 0 Å². The van der Waals surface area contributed by atoms with Crippen molar-refractivity contribution in [1.29, 1.82) is 5.26 Å². The predicted molar refractivity (Wildman–Crippen MR) is 21.2 cm³/mol. The summed E-state index contributed by atoms with van der Waals surface area (Å²) < 4.78 is 56.5. The van der Waals surface area contributed by atoms with Crippen molar-refractivity contribution in [2.24, 2.45) is 0 Å². The quantitative estimate of drug-likeness (QED) is 0.537. The van der Waals surface area contributed by atoms with Gasteiger partial charge in [0.15, 0.2) is 0 Å². The third-order valence-corrected chi connectivity index (χ3v) is 0.716. The Kier molecular flexibility index (Phi) is 2.20. The van der Waals surface area contributed by atoms with Gasteiger partial charge in [-0.15, -0.1) is 0 Å². The van der Waals surface area contributed by atoms with Gasteiger partial charge < -0.3 is 0 Å². The largest absolute Gasteiger partial charge is 0.454 e. The Morgan fingerprint density at radius 3 is 1.60 bits per heavy atom. The molecule has 0 bridgehead atoms. The third-order valence-electron chi connectivity index (χ3n) is 0.716. The molecule has 0 radical (unpaired) electrons. The first-order valence-electron chi connectivity index (χ1n) is 2.13. The van der Waals surface area contributed by atoms with Crippen molar-refractivity contribution in [2.45, 2.75) is 18.5 Å². The maximum Gasteiger partial charge on any atom is 0.454 e. The smallest absolute Gasteiger partial charge is 0.198 e. The summed E-state index contributed by atoms with van der Waals surface area (Å²) in [5.74, 6) is -4.87. The summed E-state index contributed by atoms with van der Waals surface area (Å²) in [6, 6.07) is 0.745. The monoisotopic (exact) mass is 159 g/mol. The molecule has 0 amide bonds.